The molecule has 2 aromatic rings. The zero-order chi connectivity index (χ0) is 15.5. The predicted octanol–water partition coefficient (Wildman–Crippen LogP) is 2.43. The average molecular weight is 299 g/mol. The number of halogens is 3. The maximum absolute atomic E-state index is 12.0. The van der Waals surface area contributed by atoms with Crippen LogP contribution < -0.4 is 15.8 Å². The Hall–Kier alpha value is -2.64. The summed E-state index contributed by atoms with van der Waals surface area (Å²) in [4.78, 5) is 14.4. The summed E-state index contributed by atoms with van der Waals surface area (Å²) in [5, 5.41) is 2.61. The first-order chi connectivity index (χ1) is 9.83. The van der Waals surface area contributed by atoms with Crippen molar-refractivity contribution in [2.75, 3.05) is 5.73 Å². The van der Waals surface area contributed by atoms with Gasteiger partial charge in [0, 0.05) is 18.4 Å². The van der Waals surface area contributed by atoms with Crippen LogP contribution in [-0.2, 0) is 6.54 Å². The van der Waals surface area contributed by atoms with Crippen molar-refractivity contribution in [1.82, 2.24) is 10.3 Å². The molecule has 2 rings (SSSR count). The number of aromatic nitrogens is 1. The summed E-state index contributed by atoms with van der Waals surface area (Å²) < 4.78 is 39.7. The molecule has 5 nitrogen and oxygen atoms in total. The van der Waals surface area contributed by atoms with Gasteiger partial charge in [-0.25, -0.2) is 0 Å². The van der Waals surface area contributed by atoms with Crippen LogP contribution in [-0.4, -0.2) is 17.3 Å². The minimum atomic E-state index is -4.72. The molecule has 21 heavy (non-hydrogen) atoms. The molecule has 0 aliphatic rings. The molecule has 0 aliphatic carbocycles. The molecule has 0 bridgehead atoms. The summed E-state index contributed by atoms with van der Waals surface area (Å²) in [6, 6.07) is 6.72. The summed E-state index contributed by atoms with van der Waals surface area (Å²) in [6.07, 6.45) is -3.23. The lowest BCUT2D eigenvalue weighted by Crippen LogP contribution is -2.23. The number of anilines is 1. The predicted molar refractivity (Wildman–Crippen MR) is 69.5 cm³/mol. The molecule has 0 atom stereocenters. The number of nitrogens with one attached hydrogen (secondary N) is 2. The van der Waals surface area contributed by atoms with E-state index in [1.54, 1.807) is 0 Å². The van der Waals surface area contributed by atoms with E-state index < -0.39 is 6.36 Å². The minimum absolute atomic E-state index is 0.171. The van der Waals surface area contributed by atoms with Crippen LogP contribution in [0.1, 0.15) is 16.1 Å². The van der Waals surface area contributed by atoms with E-state index in [4.69, 9.17) is 5.73 Å². The smallest absolute Gasteiger partial charge is 0.406 e. The van der Waals surface area contributed by atoms with Crippen LogP contribution in [0.15, 0.2) is 36.5 Å². The first-order valence-corrected chi connectivity index (χ1v) is 5.90. The van der Waals surface area contributed by atoms with E-state index in [1.165, 1.54) is 36.5 Å². The largest absolute Gasteiger partial charge is 0.573 e. The summed E-state index contributed by atoms with van der Waals surface area (Å²) >= 11 is 0. The van der Waals surface area contributed by atoms with Crippen molar-refractivity contribution < 1.29 is 22.7 Å². The molecular formula is C13H12F3N3O2. The van der Waals surface area contributed by atoms with Gasteiger partial charge in [-0.3, -0.25) is 4.79 Å². The number of nitrogen functional groups attached to an aromatic ring is 1. The highest BCUT2D eigenvalue weighted by atomic mass is 19.4. The SMILES string of the molecule is Nc1c[nH]c(C(=O)NCc2ccc(OC(F)(F)F)cc2)c1. The van der Waals surface area contributed by atoms with E-state index in [-0.39, 0.29) is 18.2 Å². The first kappa shape index (κ1) is 14.8. The maximum Gasteiger partial charge on any atom is 0.573 e. The van der Waals surface area contributed by atoms with Crippen LogP contribution >= 0.6 is 0 Å². The van der Waals surface area contributed by atoms with E-state index in [2.05, 4.69) is 15.0 Å². The van der Waals surface area contributed by atoms with E-state index in [1.807, 2.05) is 0 Å². The van der Waals surface area contributed by atoms with Crippen molar-refractivity contribution in [1.29, 1.82) is 0 Å². The van der Waals surface area contributed by atoms with Crippen molar-refractivity contribution in [3.63, 3.8) is 0 Å². The van der Waals surface area contributed by atoms with Crippen LogP contribution in [0, 0.1) is 0 Å². The monoisotopic (exact) mass is 299 g/mol. The number of hydrogen-bond donors (Lipinski definition) is 3. The normalized spacial score (nSPS) is 11.2. The van der Waals surface area contributed by atoms with Crippen LogP contribution in [0.2, 0.25) is 0 Å². The van der Waals surface area contributed by atoms with Crippen LogP contribution in [0.3, 0.4) is 0 Å². The molecule has 0 spiro atoms. The molecule has 1 aromatic heterocycles. The number of hydrogen-bond acceptors (Lipinski definition) is 3. The topological polar surface area (TPSA) is 80.1 Å². The number of carbonyl (C=O) groups is 1. The van der Waals surface area contributed by atoms with Crippen LogP contribution in [0.4, 0.5) is 18.9 Å². The molecule has 8 heteroatoms. The highest BCUT2D eigenvalue weighted by Crippen LogP contribution is 2.22. The van der Waals surface area contributed by atoms with Gasteiger partial charge in [0.05, 0.1) is 0 Å². The second-order valence-corrected chi connectivity index (χ2v) is 4.22. The first-order valence-electron chi connectivity index (χ1n) is 5.90. The van der Waals surface area contributed by atoms with Gasteiger partial charge >= 0.3 is 6.36 Å². The summed E-state index contributed by atoms with van der Waals surface area (Å²) in [7, 11) is 0. The molecule has 0 saturated heterocycles. The van der Waals surface area contributed by atoms with Gasteiger partial charge in [0.2, 0.25) is 0 Å². The van der Waals surface area contributed by atoms with Crippen molar-refractivity contribution in [3.8, 4) is 5.75 Å². The summed E-state index contributed by atoms with van der Waals surface area (Å²) in [5.74, 6) is -0.669. The fraction of sp³-hybridized carbons (Fsp3) is 0.154. The lowest BCUT2D eigenvalue weighted by atomic mass is 10.2. The van der Waals surface area contributed by atoms with Gasteiger partial charge in [-0.05, 0) is 23.8 Å². The van der Waals surface area contributed by atoms with Gasteiger partial charge in [-0.1, -0.05) is 12.1 Å². The molecule has 4 N–H and O–H groups in total. The van der Waals surface area contributed by atoms with Crippen LogP contribution in [0.25, 0.3) is 0 Å². The third-order valence-electron chi connectivity index (χ3n) is 2.56. The minimum Gasteiger partial charge on any atom is -0.406 e. The molecule has 1 amide bonds. The molecule has 0 radical (unpaired) electrons. The second-order valence-electron chi connectivity index (χ2n) is 4.22. The second kappa shape index (κ2) is 5.78. The van der Waals surface area contributed by atoms with E-state index in [0.29, 0.717) is 16.9 Å². The van der Waals surface area contributed by atoms with Crippen molar-refractivity contribution in [2.45, 2.75) is 12.9 Å². The van der Waals surface area contributed by atoms with Crippen LogP contribution in [0.5, 0.6) is 5.75 Å². The van der Waals surface area contributed by atoms with Crippen molar-refractivity contribution in [3.05, 3.63) is 47.8 Å². The van der Waals surface area contributed by atoms with E-state index in [0.717, 1.165) is 0 Å². The molecule has 1 heterocycles. The van der Waals surface area contributed by atoms with E-state index in [9.17, 15) is 18.0 Å². The van der Waals surface area contributed by atoms with Gasteiger partial charge < -0.3 is 20.8 Å². The Morgan fingerprint density at radius 2 is 1.95 bits per heavy atom. The number of ether oxygens (including phenoxy) is 1. The Morgan fingerprint density at radius 3 is 2.48 bits per heavy atom. The molecule has 0 saturated carbocycles. The van der Waals surface area contributed by atoms with Crippen molar-refractivity contribution >= 4 is 11.6 Å². The fourth-order valence-corrected chi connectivity index (χ4v) is 1.63. The van der Waals surface area contributed by atoms with Gasteiger partial charge in [-0.15, -0.1) is 13.2 Å². The lowest BCUT2D eigenvalue weighted by Gasteiger charge is -2.09. The number of rotatable bonds is 4. The number of amides is 1. The van der Waals surface area contributed by atoms with Gasteiger partial charge in [0.15, 0.2) is 0 Å². The highest BCUT2D eigenvalue weighted by molar-refractivity contribution is 5.93. The third-order valence-corrected chi connectivity index (χ3v) is 2.56. The Bertz CT molecular complexity index is 620. The lowest BCUT2D eigenvalue weighted by molar-refractivity contribution is -0.274. The van der Waals surface area contributed by atoms with Crippen molar-refractivity contribution in [2.24, 2.45) is 0 Å². The zero-order valence-electron chi connectivity index (χ0n) is 10.7. The van der Waals surface area contributed by atoms with Gasteiger partial charge in [0.25, 0.3) is 5.91 Å². The standard InChI is InChI=1S/C13H12F3N3O2/c14-13(15,16)21-10-3-1-8(2-4-10)6-19-12(20)11-5-9(17)7-18-11/h1-5,7,18H,6,17H2,(H,19,20). The Labute approximate surface area is 117 Å². The third kappa shape index (κ3) is 4.44. The van der Waals surface area contributed by atoms with E-state index >= 15 is 0 Å². The molecule has 0 fully saturated rings. The molecule has 112 valence electrons. The number of H-pyrrole nitrogens is 1. The zero-order valence-corrected chi connectivity index (χ0v) is 10.7. The summed E-state index contributed by atoms with van der Waals surface area (Å²) in [6.45, 7) is 0.171. The number of carbonyl (C=O) groups excluding carboxylic acids is 1. The quantitative estimate of drug-likeness (QED) is 0.811. The average Bonchev–Trinajstić information content (AvgIpc) is 2.82. The Kier molecular flexibility index (Phi) is 4.06. The number of nitrogens with two attached hydrogens (primary N) is 1. The molecule has 0 unspecified atom stereocenters. The maximum atomic E-state index is 12.0. The fourth-order valence-electron chi connectivity index (χ4n) is 1.63. The molecular weight excluding hydrogens is 287 g/mol. The number of aromatic amines is 1. The Balaban J connectivity index is 1.90. The molecule has 1 aromatic carbocycles. The summed E-state index contributed by atoms with van der Waals surface area (Å²) in [5.41, 5.74) is 6.86. The highest BCUT2D eigenvalue weighted by Gasteiger charge is 2.30. The molecule has 0 aliphatic heterocycles. The van der Waals surface area contributed by atoms with Gasteiger partial charge in [-0.2, -0.15) is 0 Å². The number of alkyl halides is 3. The van der Waals surface area contributed by atoms with Gasteiger partial charge in [0.1, 0.15) is 11.4 Å². The number of benzene rings is 1. The Morgan fingerprint density at radius 1 is 1.29 bits per heavy atom.